The molecule has 0 aliphatic carbocycles. The fourth-order valence-corrected chi connectivity index (χ4v) is 3.40. The van der Waals surface area contributed by atoms with E-state index in [1.54, 1.807) is 36.4 Å². The zero-order valence-electron chi connectivity index (χ0n) is 13.3. The van der Waals surface area contributed by atoms with E-state index in [1.165, 1.54) is 5.01 Å². The van der Waals surface area contributed by atoms with Gasteiger partial charge >= 0.3 is 5.97 Å². The Morgan fingerprint density at radius 2 is 1.92 bits per heavy atom. The van der Waals surface area contributed by atoms with Crippen molar-refractivity contribution in [1.82, 2.24) is 5.01 Å². The van der Waals surface area contributed by atoms with Gasteiger partial charge in [-0.05, 0) is 29.8 Å². The van der Waals surface area contributed by atoms with Gasteiger partial charge in [-0.15, -0.1) is 0 Å². The minimum absolute atomic E-state index is 0.162. The largest absolute Gasteiger partial charge is 0.460 e. The van der Waals surface area contributed by atoms with Crippen molar-refractivity contribution in [2.24, 2.45) is 5.10 Å². The summed E-state index contributed by atoms with van der Waals surface area (Å²) in [6, 6.07) is 15.8. The number of hydrazone groups is 1. The maximum absolute atomic E-state index is 12.9. The summed E-state index contributed by atoms with van der Waals surface area (Å²) in [5.74, 6) is -0.545. The van der Waals surface area contributed by atoms with Gasteiger partial charge in [-0.3, -0.25) is 9.59 Å². The van der Waals surface area contributed by atoms with Crippen LogP contribution in [0.15, 0.2) is 59.7 Å². The van der Waals surface area contributed by atoms with Crippen molar-refractivity contribution < 1.29 is 14.3 Å². The number of carbonyl (C=O) groups is 2. The van der Waals surface area contributed by atoms with E-state index < -0.39 is 0 Å². The predicted molar refractivity (Wildman–Crippen MR) is 93.5 cm³/mol. The molecular weight excluding hydrogens is 340 g/mol. The quantitative estimate of drug-likeness (QED) is 0.778. The lowest BCUT2D eigenvalue weighted by atomic mass is 9.97. The van der Waals surface area contributed by atoms with Crippen molar-refractivity contribution in [1.29, 1.82) is 0 Å². The molecule has 2 aliphatic heterocycles. The fourth-order valence-electron chi connectivity index (χ4n) is 3.21. The highest BCUT2D eigenvalue weighted by molar-refractivity contribution is 6.31. The third kappa shape index (κ3) is 3.03. The number of hydrogen-bond acceptors (Lipinski definition) is 4. The Hall–Kier alpha value is -2.66. The number of carbonyl (C=O) groups excluding carboxylic acids is 2. The Labute approximate surface area is 149 Å². The number of benzene rings is 2. The third-order valence-electron chi connectivity index (χ3n) is 4.41. The normalized spacial score (nSPS) is 22.2. The van der Waals surface area contributed by atoms with E-state index in [2.05, 4.69) is 5.10 Å². The van der Waals surface area contributed by atoms with Crippen molar-refractivity contribution in [2.45, 2.75) is 25.0 Å². The van der Waals surface area contributed by atoms with Gasteiger partial charge in [0.05, 0.1) is 12.1 Å². The van der Waals surface area contributed by atoms with Gasteiger partial charge in [0.15, 0.2) is 0 Å². The third-order valence-corrected chi connectivity index (χ3v) is 4.65. The molecule has 0 radical (unpaired) electrons. The second kappa shape index (κ2) is 6.33. The summed E-state index contributed by atoms with van der Waals surface area (Å²) in [5.41, 5.74) is 2.03. The zero-order chi connectivity index (χ0) is 17.4. The lowest BCUT2D eigenvalue weighted by molar-refractivity contribution is -0.141. The molecule has 0 bridgehead atoms. The van der Waals surface area contributed by atoms with Crippen LogP contribution in [0.3, 0.4) is 0 Å². The Morgan fingerprint density at radius 1 is 1.12 bits per heavy atom. The standard InChI is InChI=1S/C19H15ClN2O3/c20-14-8-4-7-13(9-14)15-10-17-16(11-18(23)25-17)22(21-15)19(24)12-5-2-1-3-6-12/h1-9,16-17H,10-11H2/t16-,17-/m1/s1. The Balaban J connectivity index is 1.74. The van der Waals surface area contributed by atoms with Crippen LogP contribution >= 0.6 is 11.6 Å². The van der Waals surface area contributed by atoms with Crippen molar-refractivity contribution in [2.75, 3.05) is 0 Å². The molecule has 0 unspecified atom stereocenters. The van der Waals surface area contributed by atoms with Gasteiger partial charge in [-0.1, -0.05) is 41.9 Å². The lowest BCUT2D eigenvalue weighted by Crippen LogP contribution is -2.46. The zero-order valence-corrected chi connectivity index (χ0v) is 14.0. The molecule has 6 heteroatoms. The molecule has 126 valence electrons. The monoisotopic (exact) mass is 354 g/mol. The maximum Gasteiger partial charge on any atom is 0.308 e. The van der Waals surface area contributed by atoms with Crippen LogP contribution in [0.2, 0.25) is 5.02 Å². The highest BCUT2D eigenvalue weighted by Gasteiger charge is 2.45. The van der Waals surface area contributed by atoms with Gasteiger partial charge in [-0.25, -0.2) is 5.01 Å². The summed E-state index contributed by atoms with van der Waals surface area (Å²) in [5, 5.41) is 6.54. The van der Waals surface area contributed by atoms with Crippen LogP contribution in [0.25, 0.3) is 0 Å². The fraction of sp³-hybridized carbons (Fsp3) is 0.211. The van der Waals surface area contributed by atoms with Crippen LogP contribution in [-0.2, 0) is 9.53 Å². The minimum atomic E-state index is -0.383. The number of amides is 1. The summed E-state index contributed by atoms with van der Waals surface area (Å²) in [4.78, 5) is 24.7. The van der Waals surface area contributed by atoms with E-state index in [-0.39, 0.29) is 30.4 Å². The van der Waals surface area contributed by atoms with Crippen LogP contribution in [0, 0.1) is 0 Å². The van der Waals surface area contributed by atoms with E-state index in [0.29, 0.717) is 22.7 Å². The molecule has 2 aliphatic rings. The molecule has 25 heavy (non-hydrogen) atoms. The summed E-state index contributed by atoms with van der Waals surface area (Å²) in [6.45, 7) is 0. The molecule has 1 amide bonds. The Kier molecular flexibility index (Phi) is 4.01. The van der Waals surface area contributed by atoms with Gasteiger partial charge in [0.25, 0.3) is 5.91 Å². The number of esters is 1. The van der Waals surface area contributed by atoms with Gasteiger partial charge in [0, 0.05) is 17.0 Å². The van der Waals surface area contributed by atoms with Crippen LogP contribution < -0.4 is 0 Å². The van der Waals surface area contributed by atoms with E-state index in [4.69, 9.17) is 16.3 Å². The predicted octanol–water partition coefficient (Wildman–Crippen LogP) is 3.27. The summed E-state index contributed by atoms with van der Waals surface area (Å²) < 4.78 is 5.42. The molecule has 5 nitrogen and oxygen atoms in total. The second-order valence-corrected chi connectivity index (χ2v) is 6.51. The van der Waals surface area contributed by atoms with Gasteiger partial charge in [0.1, 0.15) is 12.1 Å². The molecule has 0 aromatic heterocycles. The molecule has 2 atom stereocenters. The van der Waals surface area contributed by atoms with Crippen LogP contribution in [-0.4, -0.2) is 34.7 Å². The van der Waals surface area contributed by atoms with Crippen molar-refractivity contribution in [3.05, 3.63) is 70.7 Å². The number of nitrogens with zero attached hydrogens (tertiary/aromatic N) is 2. The van der Waals surface area contributed by atoms with Crippen molar-refractivity contribution in [3.8, 4) is 0 Å². The number of halogens is 1. The molecule has 0 saturated carbocycles. The van der Waals surface area contributed by atoms with Crippen molar-refractivity contribution in [3.63, 3.8) is 0 Å². The first-order chi connectivity index (χ1) is 12.1. The molecule has 2 aromatic rings. The average Bonchev–Trinajstić information content (AvgIpc) is 3.01. The van der Waals surface area contributed by atoms with E-state index in [0.717, 1.165) is 5.56 Å². The first kappa shape index (κ1) is 15.8. The Bertz CT molecular complexity index is 866. The topological polar surface area (TPSA) is 59.0 Å². The van der Waals surface area contributed by atoms with Gasteiger partial charge in [0.2, 0.25) is 0 Å². The highest BCUT2D eigenvalue weighted by Crippen LogP contribution is 2.31. The van der Waals surface area contributed by atoms with E-state index in [1.807, 2.05) is 18.2 Å². The van der Waals surface area contributed by atoms with Crippen molar-refractivity contribution >= 4 is 29.2 Å². The molecule has 1 fully saturated rings. The SMILES string of the molecule is O=C1C[C@@H]2[C@@H](CC(c3cccc(Cl)c3)=NN2C(=O)c2ccccc2)O1. The molecule has 2 heterocycles. The van der Waals surface area contributed by atoms with Gasteiger partial charge < -0.3 is 4.74 Å². The van der Waals surface area contributed by atoms with Crippen LogP contribution in [0.4, 0.5) is 0 Å². The molecule has 0 spiro atoms. The molecule has 0 N–H and O–H groups in total. The first-order valence-corrected chi connectivity index (χ1v) is 8.41. The number of fused-ring (bicyclic) bond motifs is 1. The highest BCUT2D eigenvalue weighted by atomic mass is 35.5. The summed E-state index contributed by atoms with van der Waals surface area (Å²) >= 11 is 6.07. The molecule has 4 rings (SSSR count). The Morgan fingerprint density at radius 3 is 2.68 bits per heavy atom. The number of rotatable bonds is 2. The molecule has 2 aromatic carbocycles. The van der Waals surface area contributed by atoms with Crippen LogP contribution in [0.1, 0.15) is 28.8 Å². The van der Waals surface area contributed by atoms with E-state index in [9.17, 15) is 9.59 Å². The smallest absolute Gasteiger partial charge is 0.308 e. The summed E-state index contributed by atoms with van der Waals surface area (Å²) in [6.07, 6.45) is 0.247. The first-order valence-electron chi connectivity index (χ1n) is 8.03. The minimum Gasteiger partial charge on any atom is -0.460 e. The second-order valence-electron chi connectivity index (χ2n) is 6.08. The lowest BCUT2D eigenvalue weighted by Gasteiger charge is -2.32. The van der Waals surface area contributed by atoms with Gasteiger partial charge in [-0.2, -0.15) is 5.10 Å². The number of hydrogen-bond donors (Lipinski definition) is 0. The van der Waals surface area contributed by atoms with Crippen LogP contribution in [0.5, 0.6) is 0 Å². The number of ether oxygens (including phenoxy) is 1. The molecular formula is C19H15ClN2O3. The maximum atomic E-state index is 12.9. The average molecular weight is 355 g/mol. The molecule has 1 saturated heterocycles. The summed E-state index contributed by atoms with van der Waals surface area (Å²) in [7, 11) is 0. The van der Waals surface area contributed by atoms with E-state index >= 15 is 0 Å².